The van der Waals surface area contributed by atoms with E-state index in [2.05, 4.69) is 11.9 Å². The van der Waals surface area contributed by atoms with E-state index < -0.39 is 17.8 Å². The molecule has 0 saturated carbocycles. The van der Waals surface area contributed by atoms with E-state index in [9.17, 15) is 14.4 Å². The van der Waals surface area contributed by atoms with Crippen molar-refractivity contribution >= 4 is 52.8 Å². The third kappa shape index (κ3) is 6.00. The second kappa shape index (κ2) is 11.8. The number of aryl methyl sites for hydroxylation is 2. The monoisotopic (exact) mass is 564 g/mol. The predicted molar refractivity (Wildman–Crippen MR) is 153 cm³/mol. The number of halogens is 2. The number of carbonyl (C=O) groups excluding carboxylic acids is 3. The van der Waals surface area contributed by atoms with E-state index in [1.165, 1.54) is 13.2 Å². The van der Waals surface area contributed by atoms with Gasteiger partial charge < -0.3 is 9.47 Å². The minimum absolute atomic E-state index is 0.158. The van der Waals surface area contributed by atoms with Crippen LogP contribution in [-0.4, -0.2) is 25.0 Å². The first-order valence-electron chi connectivity index (χ1n) is 12.0. The molecule has 1 aliphatic heterocycles. The van der Waals surface area contributed by atoms with E-state index in [4.69, 9.17) is 32.7 Å². The molecule has 3 aromatic carbocycles. The van der Waals surface area contributed by atoms with Gasteiger partial charge in [-0.25, -0.2) is 9.69 Å². The summed E-state index contributed by atoms with van der Waals surface area (Å²) in [6.45, 7) is 7.79. The summed E-state index contributed by atoms with van der Waals surface area (Å²) in [5, 5.41) is 3.24. The van der Waals surface area contributed by atoms with Gasteiger partial charge in [0, 0.05) is 21.2 Å². The molecule has 1 N–H and O–H groups in total. The number of carbonyl (C=O) groups is 3. The number of ether oxygens (including phenoxy) is 2. The Morgan fingerprint density at radius 3 is 2.41 bits per heavy atom. The average molecular weight is 565 g/mol. The highest BCUT2D eigenvalue weighted by atomic mass is 35.5. The summed E-state index contributed by atoms with van der Waals surface area (Å²) in [5.41, 5.74) is 4.05. The summed E-state index contributed by atoms with van der Waals surface area (Å²) in [6.07, 6.45) is 3.55. The number of allylic oxidation sites excluding steroid dienone is 1. The lowest BCUT2D eigenvalue weighted by molar-refractivity contribution is -0.122. The summed E-state index contributed by atoms with van der Waals surface area (Å²) in [6, 6.07) is 13.0. The van der Waals surface area contributed by atoms with Crippen molar-refractivity contribution < 1.29 is 23.9 Å². The Labute approximate surface area is 236 Å². The molecule has 1 aliphatic rings. The fourth-order valence-corrected chi connectivity index (χ4v) is 4.56. The van der Waals surface area contributed by atoms with Gasteiger partial charge in [-0.05, 0) is 79.4 Å². The molecule has 7 nitrogen and oxygen atoms in total. The second-order valence-corrected chi connectivity index (χ2v) is 9.80. The Kier molecular flexibility index (Phi) is 8.43. The molecular weight excluding hydrogens is 539 g/mol. The first-order valence-corrected chi connectivity index (χ1v) is 12.8. The summed E-state index contributed by atoms with van der Waals surface area (Å²) in [4.78, 5) is 39.7. The zero-order chi connectivity index (χ0) is 28.3. The van der Waals surface area contributed by atoms with E-state index in [-0.39, 0.29) is 12.2 Å². The number of anilines is 1. The minimum atomic E-state index is -0.806. The lowest BCUT2D eigenvalue weighted by Crippen LogP contribution is -2.54. The molecule has 39 heavy (non-hydrogen) atoms. The van der Waals surface area contributed by atoms with Crippen LogP contribution in [0, 0.1) is 13.8 Å². The molecule has 3 aromatic rings. The Bertz CT molecular complexity index is 1530. The van der Waals surface area contributed by atoms with Crippen LogP contribution in [0.15, 0.2) is 66.8 Å². The van der Waals surface area contributed by atoms with E-state index in [0.29, 0.717) is 44.8 Å². The first-order chi connectivity index (χ1) is 18.6. The van der Waals surface area contributed by atoms with Crippen LogP contribution in [0.4, 0.5) is 10.5 Å². The standard InChI is InChI=1S/C30H26Cl2N2O5/c1-5-6-20-12-19(14-26(38-4)27(20)39-16-21-8-9-22(31)15-25(21)32)13-24-28(35)33-30(37)34(29(24)36)23-10-7-17(2)18(3)11-23/h5,7-15H,1,6,16H2,2-4H3,(H,33,35,37)/b24-13+. The molecule has 0 radical (unpaired) electrons. The van der Waals surface area contributed by atoms with E-state index in [0.717, 1.165) is 21.6 Å². The number of nitrogens with one attached hydrogen (secondary N) is 1. The molecule has 1 saturated heterocycles. The Morgan fingerprint density at radius 2 is 1.74 bits per heavy atom. The van der Waals surface area contributed by atoms with Crippen molar-refractivity contribution in [3.05, 3.63) is 105 Å². The van der Waals surface area contributed by atoms with Crippen LogP contribution in [-0.2, 0) is 22.6 Å². The summed E-state index contributed by atoms with van der Waals surface area (Å²) in [7, 11) is 1.49. The van der Waals surface area contributed by atoms with E-state index in [1.807, 2.05) is 19.9 Å². The molecule has 4 amide bonds. The van der Waals surface area contributed by atoms with Gasteiger partial charge in [0.2, 0.25) is 0 Å². The third-order valence-electron chi connectivity index (χ3n) is 6.29. The van der Waals surface area contributed by atoms with Crippen LogP contribution in [0.2, 0.25) is 10.0 Å². The average Bonchev–Trinajstić information content (AvgIpc) is 2.88. The number of barbiturate groups is 1. The predicted octanol–water partition coefficient (Wildman–Crippen LogP) is 6.59. The maximum atomic E-state index is 13.4. The first kappa shape index (κ1) is 28.0. The van der Waals surface area contributed by atoms with Gasteiger partial charge in [-0.3, -0.25) is 14.9 Å². The van der Waals surface area contributed by atoms with Crippen molar-refractivity contribution in [2.24, 2.45) is 0 Å². The van der Waals surface area contributed by atoms with Gasteiger partial charge in [-0.15, -0.1) is 6.58 Å². The van der Waals surface area contributed by atoms with Gasteiger partial charge in [-0.1, -0.05) is 41.4 Å². The molecule has 200 valence electrons. The zero-order valence-electron chi connectivity index (χ0n) is 21.6. The Balaban J connectivity index is 1.70. The number of amides is 4. The molecule has 0 aliphatic carbocycles. The molecule has 1 heterocycles. The summed E-state index contributed by atoms with van der Waals surface area (Å²) in [5.74, 6) is -0.657. The number of hydrogen-bond acceptors (Lipinski definition) is 5. The second-order valence-electron chi connectivity index (χ2n) is 8.96. The van der Waals surface area contributed by atoms with Crippen LogP contribution < -0.4 is 19.7 Å². The van der Waals surface area contributed by atoms with E-state index >= 15 is 0 Å². The molecule has 1 fully saturated rings. The molecule has 0 aromatic heterocycles. The van der Waals surface area contributed by atoms with Gasteiger partial charge in [-0.2, -0.15) is 0 Å². The number of imide groups is 2. The summed E-state index contributed by atoms with van der Waals surface area (Å²) >= 11 is 12.3. The molecule has 9 heteroatoms. The van der Waals surface area contributed by atoms with Gasteiger partial charge >= 0.3 is 6.03 Å². The highest BCUT2D eigenvalue weighted by molar-refractivity contribution is 6.39. The van der Waals surface area contributed by atoms with Gasteiger partial charge in [0.25, 0.3) is 11.8 Å². The Hall–Kier alpha value is -4.07. The molecule has 0 unspecified atom stereocenters. The number of benzene rings is 3. The van der Waals surface area contributed by atoms with Crippen LogP contribution >= 0.6 is 23.2 Å². The number of nitrogens with zero attached hydrogens (tertiary/aromatic N) is 1. The van der Waals surface area contributed by atoms with Crippen LogP contribution in [0.1, 0.15) is 27.8 Å². The van der Waals surface area contributed by atoms with Crippen LogP contribution in [0.5, 0.6) is 11.5 Å². The SMILES string of the molecule is C=CCc1cc(/C=C2\C(=O)NC(=O)N(c3ccc(C)c(C)c3)C2=O)cc(OC)c1OCc1ccc(Cl)cc1Cl. The number of rotatable bonds is 8. The number of methoxy groups -OCH3 is 1. The highest BCUT2D eigenvalue weighted by Crippen LogP contribution is 2.36. The van der Waals surface area contributed by atoms with Crippen molar-refractivity contribution in [3.8, 4) is 11.5 Å². The van der Waals surface area contributed by atoms with E-state index in [1.54, 1.807) is 48.5 Å². The Morgan fingerprint density at radius 1 is 0.974 bits per heavy atom. The van der Waals surface area contributed by atoms with Gasteiger partial charge in [0.1, 0.15) is 12.2 Å². The smallest absolute Gasteiger partial charge is 0.335 e. The fraction of sp³-hybridized carbons (Fsp3) is 0.167. The topological polar surface area (TPSA) is 84.9 Å². The minimum Gasteiger partial charge on any atom is -0.493 e. The quantitative estimate of drug-likeness (QED) is 0.189. The molecule has 4 rings (SSSR count). The zero-order valence-corrected chi connectivity index (χ0v) is 23.2. The molecule has 0 atom stereocenters. The van der Waals surface area contributed by atoms with Crippen molar-refractivity contribution in [1.82, 2.24) is 5.32 Å². The fourth-order valence-electron chi connectivity index (χ4n) is 4.10. The van der Waals surface area contributed by atoms with Gasteiger partial charge in [0.05, 0.1) is 12.8 Å². The highest BCUT2D eigenvalue weighted by Gasteiger charge is 2.37. The normalized spacial score (nSPS) is 14.4. The molecule has 0 bridgehead atoms. The number of urea groups is 1. The summed E-state index contributed by atoms with van der Waals surface area (Å²) < 4.78 is 11.7. The molecule has 0 spiro atoms. The van der Waals surface area contributed by atoms with Crippen molar-refractivity contribution in [2.75, 3.05) is 12.0 Å². The lowest BCUT2D eigenvalue weighted by atomic mass is 10.0. The van der Waals surface area contributed by atoms with Crippen molar-refractivity contribution in [2.45, 2.75) is 26.9 Å². The van der Waals surface area contributed by atoms with Gasteiger partial charge in [0.15, 0.2) is 11.5 Å². The molecular formula is C30H26Cl2N2O5. The lowest BCUT2D eigenvalue weighted by Gasteiger charge is -2.27. The maximum absolute atomic E-state index is 13.4. The van der Waals surface area contributed by atoms with Crippen molar-refractivity contribution in [3.63, 3.8) is 0 Å². The largest absolute Gasteiger partial charge is 0.493 e. The van der Waals surface area contributed by atoms with Crippen LogP contribution in [0.25, 0.3) is 6.08 Å². The van der Waals surface area contributed by atoms with Crippen molar-refractivity contribution in [1.29, 1.82) is 0 Å². The third-order valence-corrected chi connectivity index (χ3v) is 6.87. The maximum Gasteiger partial charge on any atom is 0.335 e. The van der Waals surface area contributed by atoms with Crippen LogP contribution in [0.3, 0.4) is 0 Å². The number of hydrogen-bond donors (Lipinski definition) is 1.